The van der Waals surface area contributed by atoms with Crippen molar-refractivity contribution < 1.29 is 13.2 Å². The van der Waals surface area contributed by atoms with Crippen molar-refractivity contribution in [1.82, 2.24) is 0 Å². The molecule has 0 radical (unpaired) electrons. The Morgan fingerprint density at radius 2 is 1.33 bits per heavy atom. The number of hydrogen-bond donors (Lipinski definition) is 0. The zero-order chi connectivity index (χ0) is 6.85. The van der Waals surface area contributed by atoms with E-state index in [-0.39, 0.29) is 47.5 Å². The van der Waals surface area contributed by atoms with Crippen molar-refractivity contribution in [2.75, 3.05) is 0 Å². The predicted octanol–water partition coefficient (Wildman–Crippen LogP) is 2.55. The maximum Gasteiger partial charge on any atom is 2.00 e. The fraction of sp³-hybridized carbons (Fsp3) is 0. The number of rotatable bonds is 0. The van der Waals surface area contributed by atoms with E-state index < -0.39 is 17.5 Å². The van der Waals surface area contributed by atoms with Crippen molar-refractivity contribution in [2.45, 2.75) is 0 Å². The van der Waals surface area contributed by atoms with Crippen LogP contribution in [0.3, 0.4) is 0 Å². The van der Waals surface area contributed by atoms with Crippen LogP contribution in [0.15, 0.2) is 12.1 Å². The van der Waals surface area contributed by atoms with E-state index in [2.05, 4.69) is 6.07 Å². The van der Waals surface area contributed by atoms with Gasteiger partial charge in [-0.25, -0.2) is 4.39 Å². The molecule has 0 nitrogen and oxygen atoms in total. The van der Waals surface area contributed by atoms with Gasteiger partial charge in [0.05, 0.1) is 5.82 Å². The van der Waals surface area contributed by atoms with Crippen LogP contribution in [0.5, 0.6) is 0 Å². The molecule has 0 spiro atoms. The fourth-order valence-electron chi connectivity index (χ4n) is 0.429. The van der Waals surface area contributed by atoms with Gasteiger partial charge in [-0.15, -0.1) is 29.1 Å². The zero-order valence-electron chi connectivity index (χ0n) is 6.40. The average Bonchev–Trinajstić information content (AvgIpc) is 1.83. The number of halogens is 4. The first-order chi connectivity index (χ1) is 4.22. The van der Waals surface area contributed by atoms with Gasteiger partial charge in [0, 0.05) is 11.6 Å². The third-order valence-corrected chi connectivity index (χ3v) is 0.839. The summed E-state index contributed by atoms with van der Waals surface area (Å²) in [6.07, 6.45) is 0. The van der Waals surface area contributed by atoms with E-state index in [1.165, 1.54) is 0 Å². The first-order valence-electron chi connectivity index (χ1n) is 2.22. The molecule has 0 unspecified atom stereocenters. The van der Waals surface area contributed by atoms with Gasteiger partial charge in [0.1, 0.15) is 0 Å². The van der Waals surface area contributed by atoms with Crippen LogP contribution >= 0.6 is 17.0 Å². The van der Waals surface area contributed by atoms with E-state index in [1.54, 1.807) is 0 Å². The summed E-state index contributed by atoms with van der Waals surface area (Å²) < 4.78 is 35.8. The van der Waals surface area contributed by atoms with E-state index in [1.807, 2.05) is 0 Å². The summed E-state index contributed by atoms with van der Waals surface area (Å²) in [5.74, 6) is -3.88. The summed E-state index contributed by atoms with van der Waals surface area (Å²) in [6.45, 7) is 0. The molecule has 0 aliphatic rings. The van der Waals surface area contributed by atoms with Crippen LogP contribution < -0.4 is 0 Å². The molecule has 0 atom stereocenters. The molecule has 0 aliphatic carbocycles. The number of benzene rings is 1. The Labute approximate surface area is 96.1 Å². The van der Waals surface area contributed by atoms with Crippen molar-refractivity contribution in [2.24, 2.45) is 0 Å². The Morgan fingerprint density at radius 1 is 1.00 bits per heavy atom. The monoisotopic (exact) mass is 250 g/mol. The Morgan fingerprint density at radius 3 is 1.58 bits per heavy atom. The molecular weight excluding hydrogens is 245 g/mol. The molecule has 1 aromatic carbocycles. The van der Waals surface area contributed by atoms with Crippen molar-refractivity contribution in [3.63, 3.8) is 0 Å². The standard InChI is InChI=1S/C6H2F3.CH3.BrH.Mg/c7-4-2-1-3-5(8)6(4)9;;;/h2-3H;1H3;1H;/q2*-1;;+2. The van der Waals surface area contributed by atoms with Crippen LogP contribution in [0.2, 0.25) is 0 Å². The van der Waals surface area contributed by atoms with Crippen LogP contribution in [0.1, 0.15) is 0 Å². The topological polar surface area (TPSA) is 0 Å². The maximum absolute atomic E-state index is 12.0. The summed E-state index contributed by atoms with van der Waals surface area (Å²) in [7, 11) is 0. The summed E-state index contributed by atoms with van der Waals surface area (Å²) in [6, 6.07) is 3.55. The van der Waals surface area contributed by atoms with E-state index in [0.29, 0.717) is 0 Å². The molecule has 0 saturated carbocycles. The van der Waals surface area contributed by atoms with Crippen LogP contribution in [0, 0.1) is 30.9 Å². The maximum atomic E-state index is 12.0. The van der Waals surface area contributed by atoms with Crippen molar-refractivity contribution in [3.05, 3.63) is 43.1 Å². The second-order valence-electron chi connectivity index (χ2n) is 1.47. The van der Waals surface area contributed by atoms with Crippen molar-refractivity contribution >= 4 is 40.0 Å². The second kappa shape index (κ2) is 7.88. The summed E-state index contributed by atoms with van der Waals surface area (Å²) in [5, 5.41) is 0. The summed E-state index contributed by atoms with van der Waals surface area (Å²) >= 11 is 0. The van der Waals surface area contributed by atoms with Gasteiger partial charge in [0.2, 0.25) is 0 Å². The van der Waals surface area contributed by atoms with Gasteiger partial charge in [0.15, 0.2) is 0 Å². The minimum Gasteiger partial charge on any atom is -0.358 e. The van der Waals surface area contributed by atoms with Crippen molar-refractivity contribution in [1.29, 1.82) is 0 Å². The van der Waals surface area contributed by atoms with Crippen molar-refractivity contribution in [3.8, 4) is 0 Å². The molecule has 1 aromatic rings. The van der Waals surface area contributed by atoms with Gasteiger partial charge in [0.25, 0.3) is 0 Å². The predicted molar refractivity (Wildman–Crippen MR) is 47.6 cm³/mol. The Kier molecular flexibility index (Phi) is 11.9. The molecule has 0 heterocycles. The molecule has 0 fully saturated rings. The molecular formula is C7H6BrF3Mg. The SMILES string of the molecule is Br.Fc1c[c-]cc(F)c1F.[CH3-].[Mg+2]. The van der Waals surface area contributed by atoms with Crippen LogP contribution in [-0.2, 0) is 0 Å². The molecule has 0 saturated heterocycles. The fourth-order valence-corrected chi connectivity index (χ4v) is 0.429. The zero-order valence-corrected chi connectivity index (χ0v) is 9.53. The third kappa shape index (κ3) is 4.32. The molecule has 64 valence electrons. The van der Waals surface area contributed by atoms with E-state index in [9.17, 15) is 13.2 Å². The summed E-state index contributed by atoms with van der Waals surface area (Å²) in [4.78, 5) is 0. The molecule has 5 heteroatoms. The molecule has 12 heavy (non-hydrogen) atoms. The first kappa shape index (κ1) is 18.1. The molecule has 0 amide bonds. The molecule has 1 rings (SSSR count). The normalized spacial score (nSPS) is 7.25. The Balaban J connectivity index is -0.000000270. The smallest absolute Gasteiger partial charge is 0.358 e. The van der Waals surface area contributed by atoms with E-state index in [4.69, 9.17) is 0 Å². The molecule has 0 aromatic heterocycles. The van der Waals surface area contributed by atoms with Gasteiger partial charge in [-0.1, -0.05) is 0 Å². The molecule has 0 N–H and O–H groups in total. The van der Waals surface area contributed by atoms with Crippen LogP contribution in [-0.4, -0.2) is 23.1 Å². The van der Waals surface area contributed by atoms with Crippen LogP contribution in [0.25, 0.3) is 0 Å². The molecule has 0 aliphatic heterocycles. The minimum atomic E-state index is -1.45. The third-order valence-electron chi connectivity index (χ3n) is 0.839. The second-order valence-corrected chi connectivity index (χ2v) is 1.47. The van der Waals surface area contributed by atoms with Gasteiger partial charge in [-0.05, 0) is 0 Å². The minimum absolute atomic E-state index is 0. The van der Waals surface area contributed by atoms with Gasteiger partial charge in [-0.2, -0.15) is 6.07 Å². The first-order valence-corrected chi connectivity index (χ1v) is 2.22. The summed E-state index contributed by atoms with van der Waals surface area (Å²) in [5.41, 5.74) is 0. The Hall–Kier alpha value is 0.256. The quantitative estimate of drug-likeness (QED) is 0.378. The molecule has 0 bridgehead atoms. The van der Waals surface area contributed by atoms with E-state index in [0.717, 1.165) is 12.1 Å². The van der Waals surface area contributed by atoms with Crippen LogP contribution in [0.4, 0.5) is 13.2 Å². The Bertz CT molecular complexity index is 210. The average molecular weight is 251 g/mol. The largest absolute Gasteiger partial charge is 2.00 e. The van der Waals surface area contributed by atoms with Gasteiger partial charge in [-0.3, -0.25) is 8.78 Å². The van der Waals surface area contributed by atoms with E-state index >= 15 is 0 Å². The van der Waals surface area contributed by atoms with Gasteiger partial charge >= 0.3 is 23.1 Å². The van der Waals surface area contributed by atoms with Gasteiger partial charge < -0.3 is 7.43 Å². The number of hydrogen-bond acceptors (Lipinski definition) is 0.